The molecule has 3 fully saturated rings. The van der Waals surface area contributed by atoms with Crippen molar-refractivity contribution in [1.29, 1.82) is 0 Å². The Morgan fingerprint density at radius 3 is 1.65 bits per heavy atom. The Morgan fingerprint density at radius 1 is 0.550 bits per heavy atom. The van der Waals surface area contributed by atoms with Crippen LogP contribution in [0.5, 0.6) is 28.7 Å². The number of halogens is 7. The first-order valence-electron chi connectivity index (χ1n) is 34.5. The molecule has 2 atom stereocenters. The lowest BCUT2D eigenvalue weighted by Gasteiger charge is -2.36. The molecule has 3 saturated heterocycles. The van der Waals surface area contributed by atoms with Crippen LogP contribution in [0.4, 0.5) is 32.3 Å². The number of benzene rings is 8. The first-order valence-corrected chi connectivity index (χ1v) is 39.2. The first-order chi connectivity index (χ1) is 51.2. The Hall–Kier alpha value is -8.32. The predicted molar refractivity (Wildman–Crippen MR) is 440 cm³/mol. The molecule has 0 unspecified atom stereocenters. The second-order valence-electron chi connectivity index (χ2n) is 25.8. The number of hydrogen-bond donors (Lipinski definition) is 3. The number of aryl methyl sites for hydroxylation is 2. The van der Waals surface area contributed by atoms with Gasteiger partial charge in [0.15, 0.2) is 22.2 Å². The number of piperazine rings is 1. The van der Waals surface area contributed by atoms with Gasteiger partial charge in [-0.05, 0) is 154 Å². The number of nitrogens with one attached hydrogen (secondary N) is 1. The summed E-state index contributed by atoms with van der Waals surface area (Å²) in [6.45, 7) is 14.6. The topological polar surface area (TPSA) is 221 Å². The van der Waals surface area contributed by atoms with Crippen LogP contribution in [0.15, 0.2) is 182 Å². The standard InChI is InChI=1S/C21H20Cl2N2O3.C20H22Cl2N2O3.C19H21Cl2NO4S.C19H21ClN2O3.2CH4/c1-14-10-15-2-4-17(12-20(15)28-14)27-13-21(26)25-8-6-24(7-9-25)16-3-5-18(22)19(23)11-16;1-14-2-5-17(6-3-14)27-13-16(25)8-9-23-10-11-24(20(23)26)15-4-7-18(21)19(22)12-15;1-27(24,25)13-14-4-7-17(8-5-14)26-12-16(23)3-2-10-22-15-6-9-18(20)19(21)11-15;1-14-2-8-18(9-3-14)25-13-17(23)12-21-10-11-22(19(21)24)16-6-4-15(20)5-7-16;;/h2-5,11-12H,1,6-10,13H2;2-7,12,16,25H,8-11,13H2,1H3;4-9,11,22H,2-3,10,12-13H2,1H3;2-9,17,23H,10-13H2,1H3;2*1H4/t;16-;;17-;;/m.0.0../s1. The van der Waals surface area contributed by atoms with Crippen molar-refractivity contribution in [3.63, 3.8) is 0 Å². The summed E-state index contributed by atoms with van der Waals surface area (Å²) in [5, 5.41) is 27.1. The number of amides is 5. The molecule has 584 valence electrons. The number of Topliss-reactive ketones (excluding diaryl/α,β-unsaturated/α-hetero) is 1. The van der Waals surface area contributed by atoms with Crippen LogP contribution in [0, 0.1) is 13.8 Å². The highest BCUT2D eigenvalue weighted by Crippen LogP contribution is 2.35. The normalized spacial score (nSPS) is 14.3. The second kappa shape index (κ2) is 42.8. The number of carbonyl (C=O) groups is 4. The van der Waals surface area contributed by atoms with Gasteiger partial charge in [-0.2, -0.15) is 0 Å². The number of hydrogen-bond acceptors (Lipinski definition) is 15. The summed E-state index contributed by atoms with van der Waals surface area (Å²) < 4.78 is 50.3. The molecule has 20 nitrogen and oxygen atoms in total. The van der Waals surface area contributed by atoms with Crippen molar-refractivity contribution in [1.82, 2.24) is 14.7 Å². The number of fused-ring (bicyclic) bond motifs is 1. The van der Waals surface area contributed by atoms with Gasteiger partial charge in [-0.3, -0.25) is 19.4 Å². The number of carbonyl (C=O) groups excluding carboxylic acids is 4. The van der Waals surface area contributed by atoms with E-state index >= 15 is 0 Å². The van der Waals surface area contributed by atoms with Crippen molar-refractivity contribution in [2.24, 2.45) is 0 Å². The Labute approximate surface area is 674 Å². The number of rotatable bonds is 27. The smallest absolute Gasteiger partial charge is 0.324 e. The number of ketones is 1. The average Bonchev–Trinajstić information content (AvgIpc) is 1.72. The summed E-state index contributed by atoms with van der Waals surface area (Å²) in [4.78, 5) is 60.2. The SMILES string of the molecule is C.C.C=C1Cc2ccc(OCC(=O)N3CCN(c4ccc(Cl)c(Cl)c4)CC3)cc2O1.CS(=O)(=O)Cc1ccc(OCC(=O)CCCNc2ccc(Cl)c(Cl)c2)cc1.Cc1ccc(OC[C@@H](O)CCN2CCN(c3ccc(Cl)c(Cl)c3)C2=O)cc1.Cc1ccc(OC[C@@H](O)CN2CCN(c3ccc(Cl)cc3)C2=O)cc1. The number of β-amino-alcohol motifs (C(OH)–C–C–N with tert-alkyl or cyclic N) is 1. The monoisotopic (exact) mass is 1650 g/mol. The fourth-order valence-electron chi connectivity index (χ4n) is 11.4. The van der Waals surface area contributed by atoms with Crippen molar-refractivity contribution in [3.8, 4) is 28.7 Å². The molecular weight excluding hydrogens is 1560 g/mol. The molecule has 3 N–H and O–H groups in total. The summed E-state index contributed by atoms with van der Waals surface area (Å²) in [5.41, 5.74) is 7.47. The van der Waals surface area contributed by atoms with E-state index in [1.54, 1.807) is 92.4 Å². The number of nitrogens with zero attached hydrogens (tertiary/aromatic N) is 6. The fourth-order valence-corrected chi connectivity index (χ4v) is 13.2. The zero-order chi connectivity index (χ0) is 76.7. The average molecular weight is 1650 g/mol. The molecule has 0 spiro atoms. The minimum absolute atomic E-state index is 0. The predicted octanol–water partition coefficient (Wildman–Crippen LogP) is 17.5. The zero-order valence-corrected chi connectivity index (χ0v) is 65.4. The van der Waals surface area contributed by atoms with E-state index in [9.17, 15) is 37.8 Å². The van der Waals surface area contributed by atoms with E-state index in [0.717, 1.165) is 76.2 Å². The maximum atomic E-state index is 12.6. The molecule has 12 rings (SSSR count). The molecule has 0 aliphatic carbocycles. The molecule has 4 aliphatic rings. The second-order valence-corrected chi connectivity index (χ2v) is 30.8. The molecule has 0 saturated carbocycles. The minimum atomic E-state index is -3.07. The summed E-state index contributed by atoms with van der Waals surface area (Å²) in [6.07, 6.45) is 2.03. The number of ether oxygens (including phenoxy) is 5. The summed E-state index contributed by atoms with van der Waals surface area (Å²) in [5.74, 6) is 4.02. The largest absolute Gasteiger partial charge is 0.491 e. The van der Waals surface area contributed by atoms with E-state index in [-0.39, 0.29) is 77.3 Å². The molecule has 4 heterocycles. The summed E-state index contributed by atoms with van der Waals surface area (Å²) >= 11 is 41.7. The van der Waals surface area contributed by atoms with Crippen molar-refractivity contribution >= 4 is 138 Å². The van der Waals surface area contributed by atoms with Crippen LogP contribution in [0.1, 0.15) is 56.4 Å². The van der Waals surface area contributed by atoms with E-state index < -0.39 is 22.0 Å². The molecule has 4 aliphatic heterocycles. The van der Waals surface area contributed by atoms with Crippen LogP contribution in [-0.2, 0) is 31.6 Å². The Balaban J connectivity index is 0.000000201. The highest BCUT2D eigenvalue weighted by Gasteiger charge is 2.32. The van der Waals surface area contributed by atoms with Gasteiger partial charge in [0.1, 0.15) is 60.4 Å². The van der Waals surface area contributed by atoms with Gasteiger partial charge in [-0.1, -0.05) is 156 Å². The maximum absolute atomic E-state index is 12.6. The Kier molecular flexibility index (Phi) is 34.5. The number of allylic oxidation sites excluding steroid dienone is 1. The lowest BCUT2D eigenvalue weighted by Crippen LogP contribution is -2.50. The van der Waals surface area contributed by atoms with Crippen LogP contribution in [0.25, 0.3) is 0 Å². The number of aliphatic hydroxyl groups excluding tert-OH is 2. The molecular formula is C81H92Cl7N7O13S. The highest BCUT2D eigenvalue weighted by molar-refractivity contribution is 7.89. The number of aliphatic hydroxyl groups is 2. The molecule has 8 aromatic carbocycles. The van der Waals surface area contributed by atoms with Crippen LogP contribution >= 0.6 is 81.2 Å². The quantitative estimate of drug-likeness (QED) is 0.0408. The Morgan fingerprint density at radius 2 is 1.06 bits per heavy atom. The van der Waals surface area contributed by atoms with Gasteiger partial charge in [0.2, 0.25) is 0 Å². The van der Waals surface area contributed by atoms with Crippen molar-refractivity contribution in [3.05, 3.63) is 240 Å². The summed E-state index contributed by atoms with van der Waals surface area (Å²) in [7, 11) is -3.07. The van der Waals surface area contributed by atoms with E-state index in [2.05, 4.69) is 16.8 Å². The van der Waals surface area contributed by atoms with Gasteiger partial charge in [-0.15, -0.1) is 0 Å². The van der Waals surface area contributed by atoms with Crippen molar-refractivity contribution in [2.45, 2.75) is 72.3 Å². The third kappa shape index (κ3) is 27.9. The minimum Gasteiger partial charge on any atom is -0.491 e. The molecule has 5 amide bonds. The van der Waals surface area contributed by atoms with Crippen LogP contribution in [0.3, 0.4) is 0 Å². The van der Waals surface area contributed by atoms with E-state index in [0.29, 0.717) is 130 Å². The third-order valence-corrected chi connectivity index (χ3v) is 20.5. The van der Waals surface area contributed by atoms with Gasteiger partial charge >= 0.3 is 12.1 Å². The van der Waals surface area contributed by atoms with Crippen molar-refractivity contribution < 1.29 is 61.5 Å². The van der Waals surface area contributed by atoms with Crippen LogP contribution in [0.2, 0.25) is 35.2 Å². The van der Waals surface area contributed by atoms with Crippen LogP contribution in [-0.4, -0.2) is 174 Å². The first kappa shape index (κ1) is 87.9. The molecule has 0 aromatic heterocycles. The molecule has 0 radical (unpaired) electrons. The van der Waals surface area contributed by atoms with E-state index in [1.165, 1.54) is 6.26 Å². The van der Waals surface area contributed by atoms with E-state index in [4.69, 9.17) is 105 Å². The highest BCUT2D eigenvalue weighted by atomic mass is 35.5. The van der Waals surface area contributed by atoms with Gasteiger partial charge < -0.3 is 58.8 Å². The van der Waals surface area contributed by atoms with Crippen LogP contribution < -0.4 is 43.7 Å². The Bertz CT molecular complexity index is 4450. The lowest BCUT2D eigenvalue weighted by atomic mass is 10.1. The van der Waals surface area contributed by atoms with Gasteiger partial charge in [-0.25, -0.2) is 18.0 Å². The van der Waals surface area contributed by atoms with Gasteiger partial charge in [0, 0.05) is 124 Å². The molecule has 8 aromatic rings. The fraction of sp³-hybridized carbons (Fsp3) is 0.333. The number of anilines is 4. The maximum Gasteiger partial charge on any atom is 0.324 e. The van der Waals surface area contributed by atoms with Gasteiger partial charge in [0.25, 0.3) is 5.91 Å². The number of sulfone groups is 1. The van der Waals surface area contributed by atoms with Gasteiger partial charge in [0.05, 0.1) is 48.5 Å². The van der Waals surface area contributed by atoms with Crippen molar-refractivity contribution in [2.75, 3.05) is 125 Å². The van der Waals surface area contributed by atoms with E-state index in [1.807, 2.05) is 116 Å². The zero-order valence-electron chi connectivity index (χ0n) is 59.3. The molecule has 0 bridgehead atoms. The molecule has 28 heteroatoms. The number of urea groups is 2. The molecule has 109 heavy (non-hydrogen) atoms. The third-order valence-electron chi connectivity index (χ3n) is 17.2. The lowest BCUT2D eigenvalue weighted by molar-refractivity contribution is -0.133. The summed E-state index contributed by atoms with van der Waals surface area (Å²) in [6, 6.07) is 50.6.